The van der Waals surface area contributed by atoms with E-state index >= 15 is 0 Å². The molecule has 7 nitrogen and oxygen atoms in total. The van der Waals surface area contributed by atoms with E-state index in [1.807, 2.05) is 0 Å². The fourth-order valence-corrected chi connectivity index (χ4v) is 2.08. The lowest BCUT2D eigenvalue weighted by Gasteiger charge is -2.14. The second-order valence-electron chi connectivity index (χ2n) is 5.30. The fourth-order valence-electron chi connectivity index (χ4n) is 2.08. The zero-order chi connectivity index (χ0) is 20.2. The third kappa shape index (κ3) is 5.09. The lowest BCUT2D eigenvalue weighted by Crippen LogP contribution is -2.24. The van der Waals surface area contributed by atoms with Gasteiger partial charge in [0.1, 0.15) is 11.5 Å². The smallest absolute Gasteiger partial charge is 0.416 e. The number of carbonyl (C=O) groups excluding carboxylic acids is 1. The number of esters is 1. The van der Waals surface area contributed by atoms with E-state index in [1.54, 1.807) is 0 Å². The van der Waals surface area contributed by atoms with Gasteiger partial charge in [-0.3, -0.25) is 10.1 Å². The molecule has 0 saturated carbocycles. The highest BCUT2D eigenvalue weighted by atomic mass is 19.4. The summed E-state index contributed by atoms with van der Waals surface area (Å²) in [5, 5.41) is 11.1. The molecule has 10 heteroatoms. The quantitative estimate of drug-likeness (QED) is 0.417. The summed E-state index contributed by atoms with van der Waals surface area (Å²) in [5.41, 5.74) is -2.00. The van der Waals surface area contributed by atoms with E-state index in [1.165, 1.54) is 38.3 Å². The van der Waals surface area contributed by atoms with Gasteiger partial charge in [0.05, 0.1) is 17.6 Å². The minimum Gasteiger partial charge on any atom is -0.479 e. The molecule has 0 aliphatic heterocycles. The highest BCUT2D eigenvalue weighted by molar-refractivity contribution is 5.74. The molecule has 0 saturated heterocycles. The Morgan fingerprint density at radius 3 is 2.41 bits per heavy atom. The van der Waals surface area contributed by atoms with Crippen LogP contribution < -0.4 is 9.47 Å². The van der Waals surface area contributed by atoms with Crippen LogP contribution in [0.2, 0.25) is 0 Å². The summed E-state index contributed by atoms with van der Waals surface area (Å²) in [5.74, 6) is -0.696. The molecule has 144 valence electrons. The van der Waals surface area contributed by atoms with Gasteiger partial charge in [-0.1, -0.05) is 6.07 Å². The van der Waals surface area contributed by atoms with E-state index in [0.29, 0.717) is 12.1 Å². The van der Waals surface area contributed by atoms with Gasteiger partial charge in [-0.2, -0.15) is 13.2 Å². The predicted octanol–water partition coefficient (Wildman–Crippen LogP) is 4.35. The number of nitro benzene ring substituents is 1. The first-order valence-electron chi connectivity index (χ1n) is 7.50. The number of nitro groups is 1. The van der Waals surface area contributed by atoms with Crippen molar-refractivity contribution in [1.82, 2.24) is 0 Å². The minimum atomic E-state index is -4.72. The Morgan fingerprint density at radius 1 is 1.15 bits per heavy atom. The van der Waals surface area contributed by atoms with Crippen molar-refractivity contribution >= 4 is 11.7 Å². The zero-order valence-corrected chi connectivity index (χ0v) is 14.1. The predicted molar refractivity (Wildman–Crippen MR) is 86.7 cm³/mol. The first kappa shape index (κ1) is 20.0. The Balaban J connectivity index is 2.28. The molecule has 0 spiro atoms. The van der Waals surface area contributed by atoms with Crippen LogP contribution in [0.25, 0.3) is 0 Å². The van der Waals surface area contributed by atoms with Gasteiger partial charge in [0.15, 0.2) is 6.10 Å². The number of benzene rings is 2. The normalized spacial score (nSPS) is 12.2. The molecule has 0 heterocycles. The summed E-state index contributed by atoms with van der Waals surface area (Å²) in [7, 11) is 1.20. The maximum Gasteiger partial charge on any atom is 0.416 e. The Labute approximate surface area is 151 Å². The molecular formula is C17H14F3NO6. The van der Waals surface area contributed by atoms with E-state index in [4.69, 9.17) is 9.47 Å². The van der Waals surface area contributed by atoms with Crippen molar-refractivity contribution in [2.45, 2.75) is 19.2 Å². The summed E-state index contributed by atoms with van der Waals surface area (Å²) in [6.45, 7) is 1.46. The van der Waals surface area contributed by atoms with Crippen molar-refractivity contribution in [3.05, 3.63) is 58.1 Å². The van der Waals surface area contributed by atoms with E-state index < -0.39 is 34.4 Å². The van der Waals surface area contributed by atoms with E-state index in [-0.39, 0.29) is 17.2 Å². The first-order chi connectivity index (χ1) is 12.6. The average Bonchev–Trinajstić information content (AvgIpc) is 2.60. The van der Waals surface area contributed by atoms with Crippen molar-refractivity contribution in [3.63, 3.8) is 0 Å². The Morgan fingerprint density at radius 2 is 1.81 bits per heavy atom. The number of carbonyl (C=O) groups is 1. The number of alkyl halides is 3. The number of halogens is 3. The molecule has 1 atom stereocenters. The molecule has 0 aromatic heterocycles. The van der Waals surface area contributed by atoms with Crippen LogP contribution in [-0.4, -0.2) is 24.1 Å². The maximum absolute atomic E-state index is 12.7. The molecule has 0 fully saturated rings. The molecule has 0 radical (unpaired) electrons. The van der Waals surface area contributed by atoms with Crippen LogP contribution in [0, 0.1) is 10.1 Å². The van der Waals surface area contributed by atoms with Gasteiger partial charge in [0, 0.05) is 12.1 Å². The van der Waals surface area contributed by atoms with Crippen molar-refractivity contribution in [3.8, 4) is 17.2 Å². The molecule has 0 aliphatic rings. The lowest BCUT2D eigenvalue weighted by atomic mass is 10.2. The molecule has 0 amide bonds. The Bertz CT molecular complexity index is 853. The van der Waals surface area contributed by atoms with Crippen LogP contribution in [0.3, 0.4) is 0 Å². The third-order valence-electron chi connectivity index (χ3n) is 3.36. The van der Waals surface area contributed by atoms with Crippen LogP contribution in [0.1, 0.15) is 12.5 Å². The van der Waals surface area contributed by atoms with Gasteiger partial charge in [-0.25, -0.2) is 4.79 Å². The summed E-state index contributed by atoms with van der Waals surface area (Å²) in [4.78, 5) is 21.5. The standard InChI is InChI=1S/C17H14F3NO6/c1-10(16(22)25-2)26-12-4-3-5-13(9-12)27-15-7-6-11(17(18,19)20)8-14(15)21(23)24/h3-10H,1-2H3. The SMILES string of the molecule is COC(=O)C(C)Oc1cccc(Oc2ccc(C(F)(F)F)cc2[N+](=O)[O-])c1. The Kier molecular flexibility index (Phi) is 5.88. The summed E-state index contributed by atoms with van der Waals surface area (Å²) in [6, 6.07) is 7.71. The second-order valence-corrected chi connectivity index (χ2v) is 5.30. The molecule has 0 aliphatic carbocycles. The van der Waals surface area contributed by atoms with Crippen LogP contribution in [0.15, 0.2) is 42.5 Å². The second kappa shape index (κ2) is 7.94. The van der Waals surface area contributed by atoms with Crippen molar-refractivity contribution < 1.29 is 37.1 Å². The number of hydrogen-bond donors (Lipinski definition) is 0. The highest BCUT2D eigenvalue weighted by Crippen LogP contribution is 2.38. The van der Waals surface area contributed by atoms with Crippen LogP contribution in [0.4, 0.5) is 18.9 Å². The zero-order valence-electron chi connectivity index (χ0n) is 14.1. The summed E-state index contributed by atoms with van der Waals surface area (Å²) >= 11 is 0. The molecule has 2 rings (SSSR count). The van der Waals surface area contributed by atoms with E-state index in [0.717, 1.165) is 6.07 Å². The number of hydrogen-bond acceptors (Lipinski definition) is 6. The molecule has 0 bridgehead atoms. The molecule has 0 N–H and O–H groups in total. The lowest BCUT2D eigenvalue weighted by molar-refractivity contribution is -0.385. The van der Waals surface area contributed by atoms with E-state index in [2.05, 4.69) is 4.74 Å². The maximum atomic E-state index is 12.7. The average molecular weight is 385 g/mol. The van der Waals surface area contributed by atoms with Crippen LogP contribution >= 0.6 is 0 Å². The minimum absolute atomic E-state index is 0.0763. The van der Waals surface area contributed by atoms with Gasteiger partial charge in [-0.15, -0.1) is 0 Å². The van der Waals surface area contributed by atoms with Gasteiger partial charge in [0.25, 0.3) is 0 Å². The molecule has 1 unspecified atom stereocenters. The molecule has 27 heavy (non-hydrogen) atoms. The summed E-state index contributed by atoms with van der Waals surface area (Å²) < 4.78 is 53.4. The number of rotatable bonds is 6. The largest absolute Gasteiger partial charge is 0.479 e. The number of methoxy groups -OCH3 is 1. The molecule has 2 aromatic rings. The highest BCUT2D eigenvalue weighted by Gasteiger charge is 2.33. The monoisotopic (exact) mass is 385 g/mol. The fraction of sp³-hybridized carbons (Fsp3) is 0.235. The van der Waals surface area contributed by atoms with Crippen molar-refractivity contribution in [1.29, 1.82) is 0 Å². The van der Waals surface area contributed by atoms with Gasteiger partial charge >= 0.3 is 17.8 Å². The van der Waals surface area contributed by atoms with Crippen molar-refractivity contribution in [2.24, 2.45) is 0 Å². The van der Waals surface area contributed by atoms with Crippen LogP contribution in [-0.2, 0) is 15.7 Å². The number of nitrogens with zero attached hydrogens (tertiary/aromatic N) is 1. The number of ether oxygens (including phenoxy) is 3. The Hall–Kier alpha value is -3.30. The van der Waals surface area contributed by atoms with Crippen LogP contribution in [0.5, 0.6) is 17.2 Å². The van der Waals surface area contributed by atoms with E-state index in [9.17, 15) is 28.1 Å². The molecule has 2 aromatic carbocycles. The molecular weight excluding hydrogens is 371 g/mol. The van der Waals surface area contributed by atoms with Crippen molar-refractivity contribution in [2.75, 3.05) is 7.11 Å². The summed E-state index contributed by atoms with van der Waals surface area (Å²) in [6.07, 6.45) is -5.63. The van der Waals surface area contributed by atoms with Gasteiger partial charge in [0.2, 0.25) is 5.75 Å². The third-order valence-corrected chi connectivity index (χ3v) is 3.36. The van der Waals surface area contributed by atoms with Gasteiger partial charge in [-0.05, 0) is 31.2 Å². The topological polar surface area (TPSA) is 87.9 Å². The first-order valence-corrected chi connectivity index (χ1v) is 7.50. The van der Waals surface area contributed by atoms with Gasteiger partial charge < -0.3 is 14.2 Å².